The van der Waals surface area contributed by atoms with Crippen molar-refractivity contribution < 1.29 is 9.90 Å². The molecule has 0 aliphatic carbocycles. The van der Waals surface area contributed by atoms with Gasteiger partial charge in [-0.15, -0.1) is 0 Å². The highest BCUT2D eigenvalue weighted by Crippen LogP contribution is 2.14. The summed E-state index contributed by atoms with van der Waals surface area (Å²) < 4.78 is 0. The van der Waals surface area contributed by atoms with Crippen molar-refractivity contribution >= 4 is 11.6 Å². The van der Waals surface area contributed by atoms with E-state index < -0.39 is 12.0 Å². The zero-order chi connectivity index (χ0) is 12.8. The highest BCUT2D eigenvalue weighted by molar-refractivity contribution is 5.94. The SMILES string of the molecule is C=C(C[C@H](O)C(=O)Nc1ccccc1)C(C)C. The van der Waals surface area contributed by atoms with Crippen LogP contribution in [0.5, 0.6) is 0 Å². The topological polar surface area (TPSA) is 49.3 Å². The Morgan fingerprint density at radius 2 is 1.94 bits per heavy atom. The summed E-state index contributed by atoms with van der Waals surface area (Å²) in [6.07, 6.45) is -0.735. The molecule has 17 heavy (non-hydrogen) atoms. The number of carbonyl (C=O) groups is 1. The maximum atomic E-state index is 11.7. The number of aliphatic hydroxyl groups excluding tert-OH is 1. The predicted octanol–water partition coefficient (Wildman–Crippen LogP) is 2.59. The van der Waals surface area contributed by atoms with Crippen molar-refractivity contribution in [2.75, 3.05) is 5.32 Å². The molecule has 0 radical (unpaired) electrons. The van der Waals surface area contributed by atoms with E-state index >= 15 is 0 Å². The van der Waals surface area contributed by atoms with Gasteiger partial charge in [0.05, 0.1) is 0 Å². The van der Waals surface area contributed by atoms with Crippen molar-refractivity contribution in [3.05, 3.63) is 42.5 Å². The van der Waals surface area contributed by atoms with Crippen LogP contribution in [0.4, 0.5) is 5.69 Å². The van der Waals surface area contributed by atoms with E-state index in [9.17, 15) is 9.90 Å². The van der Waals surface area contributed by atoms with Crippen molar-refractivity contribution in [1.82, 2.24) is 0 Å². The van der Waals surface area contributed by atoms with Crippen LogP contribution in [0.15, 0.2) is 42.5 Å². The molecular weight excluding hydrogens is 214 g/mol. The Balaban J connectivity index is 2.51. The maximum absolute atomic E-state index is 11.7. The first-order valence-electron chi connectivity index (χ1n) is 5.72. The number of nitrogens with one attached hydrogen (secondary N) is 1. The Hall–Kier alpha value is -1.61. The third kappa shape index (κ3) is 4.41. The molecule has 0 bridgehead atoms. The monoisotopic (exact) mass is 233 g/mol. The first-order valence-corrected chi connectivity index (χ1v) is 5.72. The van der Waals surface area contributed by atoms with Gasteiger partial charge in [-0.2, -0.15) is 0 Å². The number of amides is 1. The quantitative estimate of drug-likeness (QED) is 0.768. The van der Waals surface area contributed by atoms with Gasteiger partial charge in [-0.05, 0) is 18.1 Å². The minimum absolute atomic E-state index is 0.272. The molecule has 0 fully saturated rings. The molecule has 1 amide bonds. The zero-order valence-corrected chi connectivity index (χ0v) is 10.3. The van der Waals surface area contributed by atoms with Crippen LogP contribution in [0.25, 0.3) is 0 Å². The van der Waals surface area contributed by atoms with Gasteiger partial charge in [-0.1, -0.05) is 44.2 Å². The minimum Gasteiger partial charge on any atom is -0.383 e. The van der Waals surface area contributed by atoms with E-state index in [-0.39, 0.29) is 5.92 Å². The molecule has 92 valence electrons. The smallest absolute Gasteiger partial charge is 0.253 e. The highest BCUT2D eigenvalue weighted by atomic mass is 16.3. The van der Waals surface area contributed by atoms with Gasteiger partial charge in [0.2, 0.25) is 0 Å². The number of hydrogen-bond donors (Lipinski definition) is 2. The number of aliphatic hydroxyl groups is 1. The molecule has 0 unspecified atom stereocenters. The number of hydrogen-bond acceptors (Lipinski definition) is 2. The van der Waals surface area contributed by atoms with Crippen molar-refractivity contribution in [2.24, 2.45) is 5.92 Å². The molecular formula is C14H19NO2. The average Bonchev–Trinajstić information content (AvgIpc) is 2.29. The molecule has 1 atom stereocenters. The van der Waals surface area contributed by atoms with Crippen LogP contribution in [-0.2, 0) is 4.79 Å². The normalized spacial score (nSPS) is 12.2. The molecule has 3 heteroatoms. The van der Waals surface area contributed by atoms with Crippen LogP contribution in [0, 0.1) is 5.92 Å². The lowest BCUT2D eigenvalue weighted by molar-refractivity contribution is -0.123. The standard InChI is InChI=1S/C14H19NO2/c1-10(2)11(3)9-13(16)14(17)15-12-7-5-4-6-8-12/h4-8,10,13,16H,3,9H2,1-2H3,(H,15,17)/t13-/m0/s1. The van der Waals surface area contributed by atoms with Crippen molar-refractivity contribution in [1.29, 1.82) is 0 Å². The Morgan fingerprint density at radius 3 is 2.47 bits per heavy atom. The van der Waals surface area contributed by atoms with Gasteiger partial charge in [0.25, 0.3) is 5.91 Å². The average molecular weight is 233 g/mol. The summed E-state index contributed by atoms with van der Waals surface area (Å²) in [5.41, 5.74) is 1.56. The number of anilines is 1. The highest BCUT2D eigenvalue weighted by Gasteiger charge is 2.17. The molecule has 1 aromatic rings. The molecule has 0 saturated heterocycles. The minimum atomic E-state index is -1.04. The van der Waals surface area contributed by atoms with Gasteiger partial charge in [0, 0.05) is 12.1 Å². The lowest BCUT2D eigenvalue weighted by atomic mass is 9.99. The summed E-state index contributed by atoms with van der Waals surface area (Å²) >= 11 is 0. The fraction of sp³-hybridized carbons (Fsp3) is 0.357. The van der Waals surface area contributed by atoms with Crippen molar-refractivity contribution in [3.63, 3.8) is 0 Å². The molecule has 2 N–H and O–H groups in total. The van der Waals surface area contributed by atoms with E-state index in [4.69, 9.17) is 0 Å². The van der Waals surface area contributed by atoms with Crippen LogP contribution in [0.3, 0.4) is 0 Å². The van der Waals surface area contributed by atoms with Crippen molar-refractivity contribution in [3.8, 4) is 0 Å². The van der Waals surface area contributed by atoms with E-state index in [0.29, 0.717) is 12.1 Å². The van der Waals surface area contributed by atoms with Gasteiger partial charge < -0.3 is 10.4 Å². The molecule has 3 nitrogen and oxygen atoms in total. The zero-order valence-electron chi connectivity index (χ0n) is 10.3. The lowest BCUT2D eigenvalue weighted by Crippen LogP contribution is -2.28. The molecule has 0 heterocycles. The van der Waals surface area contributed by atoms with Crippen LogP contribution in [0.2, 0.25) is 0 Å². The summed E-state index contributed by atoms with van der Waals surface area (Å²) in [5.74, 6) is -0.118. The summed E-state index contributed by atoms with van der Waals surface area (Å²) in [5, 5.41) is 12.4. The van der Waals surface area contributed by atoms with E-state index in [1.807, 2.05) is 32.0 Å². The van der Waals surface area contributed by atoms with E-state index in [0.717, 1.165) is 5.57 Å². The van der Waals surface area contributed by atoms with E-state index in [1.54, 1.807) is 12.1 Å². The number of carbonyl (C=O) groups excluding carboxylic acids is 1. The van der Waals surface area contributed by atoms with Crippen LogP contribution >= 0.6 is 0 Å². The van der Waals surface area contributed by atoms with Crippen LogP contribution in [-0.4, -0.2) is 17.1 Å². The Bertz CT molecular complexity index is 384. The largest absolute Gasteiger partial charge is 0.383 e. The summed E-state index contributed by atoms with van der Waals surface area (Å²) in [6, 6.07) is 9.08. The van der Waals surface area contributed by atoms with E-state index in [1.165, 1.54) is 0 Å². The third-order valence-corrected chi connectivity index (χ3v) is 2.62. The first-order chi connectivity index (χ1) is 8.00. The van der Waals surface area contributed by atoms with Gasteiger partial charge in [-0.3, -0.25) is 4.79 Å². The second-order valence-electron chi connectivity index (χ2n) is 4.39. The molecule has 1 rings (SSSR count). The number of benzene rings is 1. The molecule has 0 aliphatic rings. The number of para-hydroxylation sites is 1. The molecule has 1 aromatic carbocycles. The number of rotatable bonds is 5. The van der Waals surface area contributed by atoms with Crippen LogP contribution in [0.1, 0.15) is 20.3 Å². The third-order valence-electron chi connectivity index (χ3n) is 2.62. The van der Waals surface area contributed by atoms with Crippen molar-refractivity contribution in [2.45, 2.75) is 26.4 Å². The summed E-state index contributed by atoms with van der Waals surface area (Å²) in [4.78, 5) is 11.7. The first kappa shape index (κ1) is 13.5. The Labute approximate surface area is 102 Å². The van der Waals surface area contributed by atoms with Crippen LogP contribution < -0.4 is 5.32 Å². The Kier molecular flexibility index (Phi) is 4.91. The van der Waals surface area contributed by atoms with Gasteiger partial charge >= 0.3 is 0 Å². The molecule has 0 aliphatic heterocycles. The van der Waals surface area contributed by atoms with Gasteiger partial charge in [0.15, 0.2) is 0 Å². The summed E-state index contributed by atoms with van der Waals surface area (Å²) in [6.45, 7) is 7.82. The molecule has 0 aromatic heterocycles. The van der Waals surface area contributed by atoms with E-state index in [2.05, 4.69) is 11.9 Å². The summed E-state index contributed by atoms with van der Waals surface area (Å²) in [7, 11) is 0. The van der Waals surface area contributed by atoms with Gasteiger partial charge in [-0.25, -0.2) is 0 Å². The fourth-order valence-corrected chi connectivity index (χ4v) is 1.32. The predicted molar refractivity (Wildman–Crippen MR) is 69.7 cm³/mol. The maximum Gasteiger partial charge on any atom is 0.253 e. The second-order valence-corrected chi connectivity index (χ2v) is 4.39. The van der Waals surface area contributed by atoms with Gasteiger partial charge in [0.1, 0.15) is 6.10 Å². The Morgan fingerprint density at radius 1 is 1.35 bits per heavy atom. The second kappa shape index (κ2) is 6.21. The lowest BCUT2D eigenvalue weighted by Gasteiger charge is -2.14. The fourth-order valence-electron chi connectivity index (χ4n) is 1.32. The molecule has 0 saturated carbocycles. The molecule has 0 spiro atoms.